The van der Waals surface area contributed by atoms with Gasteiger partial charge in [-0.3, -0.25) is 9.48 Å². The van der Waals surface area contributed by atoms with E-state index < -0.39 is 5.97 Å². The number of benzene rings is 2. The molecule has 3 rings (SSSR count). The molecule has 1 aromatic heterocycles. The van der Waals surface area contributed by atoms with E-state index in [1.165, 1.54) is 0 Å². The Hall–Kier alpha value is -3.41. The Bertz CT molecular complexity index is 1020. The highest BCUT2D eigenvalue weighted by atomic mass is 16.5. The molecule has 0 unspecified atom stereocenters. The molecule has 0 aliphatic carbocycles. The molecule has 150 valence electrons. The predicted octanol–water partition coefficient (Wildman–Crippen LogP) is 3.96. The molecule has 6 heteroatoms. The minimum Gasteiger partial charge on any atom is -0.452 e. The average Bonchev–Trinajstić information content (AvgIpc) is 2.93. The summed E-state index contributed by atoms with van der Waals surface area (Å²) in [6.07, 6.45) is 0. The van der Waals surface area contributed by atoms with E-state index in [9.17, 15) is 9.59 Å². The van der Waals surface area contributed by atoms with Crippen molar-refractivity contribution in [2.75, 3.05) is 11.9 Å². The molecule has 0 aliphatic heterocycles. The van der Waals surface area contributed by atoms with Crippen LogP contribution in [0.2, 0.25) is 0 Å². The first-order valence-corrected chi connectivity index (χ1v) is 9.46. The molecule has 2 aromatic carbocycles. The summed E-state index contributed by atoms with van der Waals surface area (Å²) in [5.74, 6) is -0.926. The maximum atomic E-state index is 12.6. The zero-order valence-corrected chi connectivity index (χ0v) is 17.2. The van der Waals surface area contributed by atoms with Gasteiger partial charge in [-0.25, -0.2) is 4.79 Å². The van der Waals surface area contributed by atoms with Crippen molar-refractivity contribution in [2.45, 2.75) is 34.2 Å². The third-order valence-corrected chi connectivity index (χ3v) is 4.60. The van der Waals surface area contributed by atoms with Gasteiger partial charge in [-0.1, -0.05) is 36.4 Å². The third-order valence-electron chi connectivity index (χ3n) is 4.60. The van der Waals surface area contributed by atoms with Crippen LogP contribution in [0.3, 0.4) is 0 Å². The number of aromatic nitrogens is 2. The topological polar surface area (TPSA) is 73.2 Å². The highest BCUT2D eigenvalue weighted by Gasteiger charge is 2.21. The van der Waals surface area contributed by atoms with E-state index >= 15 is 0 Å². The van der Waals surface area contributed by atoms with Gasteiger partial charge >= 0.3 is 5.97 Å². The molecule has 0 saturated heterocycles. The minimum absolute atomic E-state index is 0.353. The molecule has 0 bridgehead atoms. The van der Waals surface area contributed by atoms with E-state index in [0.717, 1.165) is 16.7 Å². The number of hydrogen-bond acceptors (Lipinski definition) is 4. The lowest BCUT2D eigenvalue weighted by Crippen LogP contribution is -2.21. The summed E-state index contributed by atoms with van der Waals surface area (Å²) >= 11 is 0. The Balaban J connectivity index is 1.64. The van der Waals surface area contributed by atoms with Crippen LogP contribution in [0.1, 0.15) is 38.4 Å². The second-order valence-electron chi connectivity index (χ2n) is 7.19. The van der Waals surface area contributed by atoms with Crippen LogP contribution in [0.15, 0.2) is 48.5 Å². The van der Waals surface area contributed by atoms with Crippen LogP contribution in [0.4, 0.5) is 5.69 Å². The lowest BCUT2D eigenvalue weighted by atomic mass is 10.1. The van der Waals surface area contributed by atoms with Gasteiger partial charge in [-0.05, 0) is 56.5 Å². The molecule has 0 spiro atoms. The van der Waals surface area contributed by atoms with E-state index in [1.807, 2.05) is 69.3 Å². The second-order valence-corrected chi connectivity index (χ2v) is 7.19. The molecule has 29 heavy (non-hydrogen) atoms. The number of carbonyl (C=O) groups excluding carboxylic acids is 2. The van der Waals surface area contributed by atoms with E-state index in [0.29, 0.717) is 29.2 Å². The number of amides is 1. The van der Waals surface area contributed by atoms with Crippen molar-refractivity contribution in [3.8, 4) is 0 Å². The maximum Gasteiger partial charge on any atom is 0.342 e. The maximum absolute atomic E-state index is 12.6. The summed E-state index contributed by atoms with van der Waals surface area (Å²) in [4.78, 5) is 24.7. The van der Waals surface area contributed by atoms with Gasteiger partial charge < -0.3 is 10.1 Å². The van der Waals surface area contributed by atoms with Gasteiger partial charge in [0.1, 0.15) is 5.56 Å². The summed E-state index contributed by atoms with van der Waals surface area (Å²) in [7, 11) is 0. The Labute approximate surface area is 170 Å². The standard InChI is InChI=1S/C23H25N3O3/c1-15-10-16(2)12-20(11-15)24-21(27)14-29-23(28)22-17(3)25-26(18(22)4)13-19-8-6-5-7-9-19/h5-12H,13-14H2,1-4H3,(H,24,27). The smallest absolute Gasteiger partial charge is 0.342 e. The zero-order valence-electron chi connectivity index (χ0n) is 17.2. The second kappa shape index (κ2) is 8.73. The number of ether oxygens (including phenoxy) is 1. The van der Waals surface area contributed by atoms with Crippen molar-refractivity contribution < 1.29 is 14.3 Å². The Kier molecular flexibility index (Phi) is 6.12. The number of nitrogens with zero attached hydrogens (tertiary/aromatic N) is 2. The fourth-order valence-electron chi connectivity index (χ4n) is 3.35. The highest BCUT2D eigenvalue weighted by molar-refractivity contribution is 5.96. The quantitative estimate of drug-likeness (QED) is 0.646. The molecule has 6 nitrogen and oxygen atoms in total. The summed E-state index contributed by atoms with van der Waals surface area (Å²) < 4.78 is 7.02. The Morgan fingerprint density at radius 1 is 1.00 bits per heavy atom. The monoisotopic (exact) mass is 391 g/mol. The number of anilines is 1. The fraction of sp³-hybridized carbons (Fsp3) is 0.261. The Morgan fingerprint density at radius 3 is 2.31 bits per heavy atom. The van der Waals surface area contributed by atoms with Crippen molar-refractivity contribution in [3.63, 3.8) is 0 Å². The molecular formula is C23H25N3O3. The van der Waals surface area contributed by atoms with Crippen molar-refractivity contribution in [2.24, 2.45) is 0 Å². The number of hydrogen-bond donors (Lipinski definition) is 1. The average molecular weight is 391 g/mol. The number of rotatable bonds is 6. The molecule has 0 fully saturated rings. The van der Waals surface area contributed by atoms with Crippen LogP contribution in [0.5, 0.6) is 0 Å². The number of carbonyl (C=O) groups is 2. The lowest BCUT2D eigenvalue weighted by Gasteiger charge is -2.09. The first-order valence-electron chi connectivity index (χ1n) is 9.46. The normalized spacial score (nSPS) is 10.6. The van der Waals surface area contributed by atoms with Gasteiger partial charge in [0, 0.05) is 5.69 Å². The largest absolute Gasteiger partial charge is 0.452 e. The lowest BCUT2D eigenvalue weighted by molar-refractivity contribution is -0.119. The number of nitrogens with one attached hydrogen (secondary N) is 1. The van der Waals surface area contributed by atoms with Crippen LogP contribution in [-0.2, 0) is 16.1 Å². The Morgan fingerprint density at radius 2 is 1.66 bits per heavy atom. The van der Waals surface area contributed by atoms with Gasteiger partial charge in [0.25, 0.3) is 5.91 Å². The summed E-state index contributed by atoms with van der Waals surface area (Å²) in [5, 5.41) is 7.22. The number of esters is 1. The van der Waals surface area contributed by atoms with Crippen molar-refractivity contribution in [1.82, 2.24) is 9.78 Å². The minimum atomic E-state index is -0.546. The van der Waals surface area contributed by atoms with Gasteiger partial charge in [0.15, 0.2) is 6.61 Å². The summed E-state index contributed by atoms with van der Waals surface area (Å²) in [6.45, 7) is 7.72. The van der Waals surface area contributed by atoms with Gasteiger partial charge in [0.2, 0.25) is 0 Å². The summed E-state index contributed by atoms with van der Waals surface area (Å²) in [6, 6.07) is 15.7. The van der Waals surface area contributed by atoms with Crippen molar-refractivity contribution in [1.29, 1.82) is 0 Å². The predicted molar refractivity (Wildman–Crippen MR) is 112 cm³/mol. The molecule has 0 radical (unpaired) electrons. The third kappa shape index (κ3) is 5.10. The van der Waals surface area contributed by atoms with Crippen LogP contribution >= 0.6 is 0 Å². The van der Waals surface area contributed by atoms with Crippen molar-refractivity contribution in [3.05, 3.63) is 82.2 Å². The van der Waals surface area contributed by atoms with E-state index in [-0.39, 0.29) is 12.5 Å². The molecule has 0 atom stereocenters. The van der Waals surface area contributed by atoms with Gasteiger partial charge in [0.05, 0.1) is 17.9 Å². The SMILES string of the molecule is Cc1cc(C)cc(NC(=O)COC(=O)c2c(C)nn(Cc3ccccc3)c2C)c1. The summed E-state index contributed by atoms with van der Waals surface area (Å²) in [5.41, 5.74) is 5.57. The fourth-order valence-corrected chi connectivity index (χ4v) is 3.35. The van der Waals surface area contributed by atoms with Crippen LogP contribution in [0, 0.1) is 27.7 Å². The molecule has 0 aliphatic rings. The van der Waals surface area contributed by atoms with Crippen LogP contribution in [-0.4, -0.2) is 28.3 Å². The van der Waals surface area contributed by atoms with Crippen molar-refractivity contribution >= 4 is 17.6 Å². The van der Waals surface area contributed by atoms with E-state index in [1.54, 1.807) is 11.6 Å². The molecular weight excluding hydrogens is 366 g/mol. The van der Waals surface area contributed by atoms with Gasteiger partial charge in [-0.15, -0.1) is 0 Å². The number of aryl methyl sites for hydroxylation is 3. The van der Waals surface area contributed by atoms with Gasteiger partial charge in [-0.2, -0.15) is 5.10 Å². The first kappa shape index (κ1) is 20.3. The van der Waals surface area contributed by atoms with E-state index in [2.05, 4.69) is 10.4 Å². The van der Waals surface area contributed by atoms with Crippen LogP contribution < -0.4 is 5.32 Å². The molecule has 1 N–H and O–H groups in total. The van der Waals surface area contributed by atoms with E-state index in [4.69, 9.17) is 4.74 Å². The van der Waals surface area contributed by atoms with Crippen LogP contribution in [0.25, 0.3) is 0 Å². The highest BCUT2D eigenvalue weighted by Crippen LogP contribution is 2.17. The molecule has 1 amide bonds. The first-order chi connectivity index (χ1) is 13.8. The molecule has 3 aromatic rings. The molecule has 0 saturated carbocycles. The zero-order chi connectivity index (χ0) is 21.0. The molecule has 1 heterocycles.